The molecule has 0 unspecified atom stereocenters. The third-order valence-corrected chi connectivity index (χ3v) is 2.55. The number of hydrogen-bond donors (Lipinski definition) is 0. The standard InChI is InChI=1S/C15H15/c1-12(2)14-9-6-10-15(11-14)13-7-4-3-5-8-13/h3-8,10-12H,1-2H3. The van der Waals surface area contributed by atoms with Gasteiger partial charge in [0.05, 0.1) is 0 Å². The third kappa shape index (κ3) is 2.27. The van der Waals surface area contributed by atoms with Gasteiger partial charge in [0, 0.05) is 0 Å². The first-order chi connectivity index (χ1) is 7.27. The van der Waals surface area contributed by atoms with Crippen LogP contribution in [0.2, 0.25) is 0 Å². The molecule has 2 aromatic rings. The highest BCUT2D eigenvalue weighted by atomic mass is 14.1. The summed E-state index contributed by atoms with van der Waals surface area (Å²) in [5.41, 5.74) is 3.82. The molecule has 0 aliphatic heterocycles. The topological polar surface area (TPSA) is 0 Å². The van der Waals surface area contributed by atoms with Crippen LogP contribution in [-0.4, -0.2) is 0 Å². The second-order valence-electron chi connectivity index (χ2n) is 4.05. The molecular weight excluding hydrogens is 180 g/mol. The van der Waals surface area contributed by atoms with Crippen molar-refractivity contribution in [2.45, 2.75) is 19.8 Å². The number of benzene rings is 2. The molecule has 15 heavy (non-hydrogen) atoms. The molecule has 2 rings (SSSR count). The van der Waals surface area contributed by atoms with Crippen LogP contribution < -0.4 is 0 Å². The Balaban J connectivity index is 2.42. The van der Waals surface area contributed by atoms with Crippen molar-refractivity contribution < 1.29 is 0 Å². The van der Waals surface area contributed by atoms with E-state index >= 15 is 0 Å². The number of hydrogen-bond acceptors (Lipinski definition) is 0. The van der Waals surface area contributed by atoms with E-state index in [1.165, 1.54) is 16.7 Å². The van der Waals surface area contributed by atoms with Crippen molar-refractivity contribution in [3.05, 3.63) is 60.2 Å². The molecule has 0 aliphatic rings. The van der Waals surface area contributed by atoms with Crippen molar-refractivity contribution in [1.29, 1.82) is 0 Å². The van der Waals surface area contributed by atoms with Crippen LogP contribution in [0.3, 0.4) is 0 Å². The minimum Gasteiger partial charge on any atom is -0.0622 e. The molecule has 0 atom stereocenters. The van der Waals surface area contributed by atoms with E-state index < -0.39 is 0 Å². The minimum absolute atomic E-state index is 0.536. The molecular formula is C15H15. The average molecular weight is 195 g/mol. The van der Waals surface area contributed by atoms with E-state index in [0.717, 1.165) is 0 Å². The second-order valence-corrected chi connectivity index (χ2v) is 4.05. The fourth-order valence-corrected chi connectivity index (χ4v) is 1.63. The van der Waals surface area contributed by atoms with E-state index in [2.05, 4.69) is 56.3 Å². The van der Waals surface area contributed by atoms with Crippen molar-refractivity contribution in [1.82, 2.24) is 0 Å². The molecule has 1 radical (unpaired) electrons. The summed E-state index contributed by atoms with van der Waals surface area (Å²) in [5.74, 6) is 0.536. The van der Waals surface area contributed by atoms with Gasteiger partial charge in [0.15, 0.2) is 0 Å². The van der Waals surface area contributed by atoms with Gasteiger partial charge in [0.1, 0.15) is 0 Å². The first-order valence-electron chi connectivity index (χ1n) is 5.34. The van der Waals surface area contributed by atoms with E-state index in [0.29, 0.717) is 5.92 Å². The van der Waals surface area contributed by atoms with E-state index in [1.807, 2.05) is 12.1 Å². The molecule has 0 heterocycles. The summed E-state index contributed by atoms with van der Waals surface area (Å²) in [6.07, 6.45) is 0. The Morgan fingerprint density at radius 3 is 2.33 bits per heavy atom. The summed E-state index contributed by atoms with van der Waals surface area (Å²) in [5, 5.41) is 0. The Bertz CT molecular complexity index is 427. The lowest BCUT2D eigenvalue weighted by atomic mass is 9.98. The predicted octanol–water partition coefficient (Wildman–Crippen LogP) is 4.28. The van der Waals surface area contributed by atoms with Gasteiger partial charge in [-0.25, -0.2) is 0 Å². The summed E-state index contributed by atoms with van der Waals surface area (Å²) in [7, 11) is 0. The van der Waals surface area contributed by atoms with Crippen LogP contribution in [0.1, 0.15) is 25.3 Å². The van der Waals surface area contributed by atoms with Crippen molar-refractivity contribution in [3.63, 3.8) is 0 Å². The van der Waals surface area contributed by atoms with Crippen LogP contribution in [0.25, 0.3) is 11.1 Å². The predicted molar refractivity (Wildman–Crippen MR) is 64.8 cm³/mol. The Morgan fingerprint density at radius 2 is 1.67 bits per heavy atom. The van der Waals surface area contributed by atoms with Gasteiger partial charge in [-0.1, -0.05) is 62.4 Å². The van der Waals surface area contributed by atoms with E-state index in [9.17, 15) is 0 Å². The lowest BCUT2D eigenvalue weighted by Crippen LogP contribution is -1.87. The lowest BCUT2D eigenvalue weighted by Gasteiger charge is -2.07. The van der Waals surface area contributed by atoms with Crippen LogP contribution >= 0.6 is 0 Å². The van der Waals surface area contributed by atoms with Gasteiger partial charge in [-0.3, -0.25) is 0 Å². The molecule has 0 saturated heterocycles. The summed E-state index contributed by atoms with van der Waals surface area (Å²) in [6.45, 7) is 4.39. The normalized spacial score (nSPS) is 10.6. The fraction of sp³-hybridized carbons (Fsp3) is 0.200. The van der Waals surface area contributed by atoms with Gasteiger partial charge in [0.2, 0.25) is 0 Å². The minimum atomic E-state index is 0.536. The Hall–Kier alpha value is -1.56. The maximum Gasteiger partial charge on any atom is -0.0146 e. The highest BCUT2D eigenvalue weighted by Gasteiger charge is 2.01. The highest BCUT2D eigenvalue weighted by molar-refractivity contribution is 5.63. The molecule has 0 spiro atoms. The smallest absolute Gasteiger partial charge is 0.0146 e. The SMILES string of the molecule is CC(C)c1[c]ccc(-c2ccccc2)c1. The Kier molecular flexibility index (Phi) is 2.86. The maximum atomic E-state index is 3.28. The zero-order chi connectivity index (χ0) is 10.7. The van der Waals surface area contributed by atoms with Crippen molar-refractivity contribution in [2.24, 2.45) is 0 Å². The maximum absolute atomic E-state index is 3.28. The zero-order valence-corrected chi connectivity index (χ0v) is 9.20. The Morgan fingerprint density at radius 1 is 0.933 bits per heavy atom. The quantitative estimate of drug-likeness (QED) is 0.671. The van der Waals surface area contributed by atoms with Crippen LogP contribution in [0.5, 0.6) is 0 Å². The molecule has 75 valence electrons. The van der Waals surface area contributed by atoms with E-state index in [4.69, 9.17) is 0 Å². The third-order valence-electron chi connectivity index (χ3n) is 2.55. The first kappa shape index (κ1) is 9.97. The summed E-state index contributed by atoms with van der Waals surface area (Å²) in [4.78, 5) is 0. The van der Waals surface area contributed by atoms with E-state index in [1.54, 1.807) is 0 Å². The summed E-state index contributed by atoms with van der Waals surface area (Å²) >= 11 is 0. The van der Waals surface area contributed by atoms with Gasteiger partial charge in [0.25, 0.3) is 0 Å². The van der Waals surface area contributed by atoms with E-state index in [-0.39, 0.29) is 0 Å². The average Bonchev–Trinajstić information content (AvgIpc) is 2.30. The largest absolute Gasteiger partial charge is 0.0622 e. The molecule has 0 heteroatoms. The molecule has 0 N–H and O–H groups in total. The lowest BCUT2D eigenvalue weighted by molar-refractivity contribution is 0.865. The molecule has 0 saturated carbocycles. The molecule has 0 bridgehead atoms. The fourth-order valence-electron chi connectivity index (χ4n) is 1.63. The second kappa shape index (κ2) is 4.31. The molecule has 0 nitrogen and oxygen atoms in total. The molecule has 0 aromatic heterocycles. The van der Waals surface area contributed by atoms with Crippen molar-refractivity contribution in [3.8, 4) is 11.1 Å². The van der Waals surface area contributed by atoms with Crippen molar-refractivity contribution >= 4 is 0 Å². The van der Waals surface area contributed by atoms with Gasteiger partial charge in [-0.05, 0) is 28.7 Å². The van der Waals surface area contributed by atoms with Gasteiger partial charge in [-0.2, -0.15) is 0 Å². The first-order valence-corrected chi connectivity index (χ1v) is 5.34. The molecule has 0 aliphatic carbocycles. The summed E-state index contributed by atoms with van der Waals surface area (Å²) in [6, 6.07) is 20.1. The highest BCUT2D eigenvalue weighted by Crippen LogP contribution is 2.23. The molecule has 0 fully saturated rings. The van der Waals surface area contributed by atoms with Gasteiger partial charge < -0.3 is 0 Å². The van der Waals surface area contributed by atoms with Gasteiger partial charge in [-0.15, -0.1) is 0 Å². The van der Waals surface area contributed by atoms with Gasteiger partial charge >= 0.3 is 0 Å². The van der Waals surface area contributed by atoms with Crippen LogP contribution in [0.4, 0.5) is 0 Å². The molecule has 2 aromatic carbocycles. The van der Waals surface area contributed by atoms with Crippen LogP contribution in [0.15, 0.2) is 48.5 Å². The summed E-state index contributed by atoms with van der Waals surface area (Å²) < 4.78 is 0. The van der Waals surface area contributed by atoms with Crippen LogP contribution in [0, 0.1) is 6.07 Å². The monoisotopic (exact) mass is 195 g/mol. The van der Waals surface area contributed by atoms with Crippen LogP contribution in [-0.2, 0) is 0 Å². The zero-order valence-electron chi connectivity index (χ0n) is 9.20. The Labute approximate surface area is 91.6 Å². The van der Waals surface area contributed by atoms with Crippen molar-refractivity contribution in [2.75, 3.05) is 0 Å². The molecule has 0 amide bonds. The number of rotatable bonds is 2.